The number of hydrogen-bond donors (Lipinski definition) is 1. The Hall–Kier alpha value is -2.95. The maximum Gasteiger partial charge on any atom is 0.251 e. The summed E-state index contributed by atoms with van der Waals surface area (Å²) >= 11 is 0. The zero-order chi connectivity index (χ0) is 20.4. The number of benzene rings is 2. The maximum absolute atomic E-state index is 12.6. The second-order valence-corrected chi connectivity index (χ2v) is 8.00. The van der Waals surface area contributed by atoms with Crippen LogP contribution in [0.2, 0.25) is 0 Å². The fourth-order valence-electron chi connectivity index (χ4n) is 4.13. The SMILES string of the molecule is CC(NC(=O)c1ccc(CN2C(=O)CCC2=O)cc1)c1ccc2c(c1)CCCC2. The Morgan fingerprint density at radius 3 is 2.28 bits per heavy atom. The molecular formula is C24H26N2O3. The van der Waals surface area contributed by atoms with Crippen LogP contribution in [0.3, 0.4) is 0 Å². The number of carbonyl (C=O) groups is 3. The van der Waals surface area contributed by atoms with Crippen molar-refractivity contribution in [1.82, 2.24) is 10.2 Å². The molecule has 0 radical (unpaired) electrons. The Kier molecular flexibility index (Phi) is 5.47. The topological polar surface area (TPSA) is 66.5 Å². The first-order valence-electron chi connectivity index (χ1n) is 10.4. The van der Waals surface area contributed by atoms with Crippen molar-refractivity contribution >= 4 is 17.7 Å². The first-order chi connectivity index (χ1) is 14.0. The molecule has 0 aromatic heterocycles. The number of carbonyl (C=O) groups excluding carboxylic acids is 3. The van der Waals surface area contributed by atoms with Crippen LogP contribution >= 0.6 is 0 Å². The van der Waals surface area contributed by atoms with Crippen LogP contribution < -0.4 is 5.32 Å². The fraction of sp³-hybridized carbons (Fsp3) is 0.375. The molecule has 1 N–H and O–H groups in total. The number of rotatable bonds is 5. The Morgan fingerprint density at radius 2 is 1.59 bits per heavy atom. The Bertz CT molecular complexity index is 933. The summed E-state index contributed by atoms with van der Waals surface area (Å²) in [4.78, 5) is 37.4. The van der Waals surface area contributed by atoms with Crippen LogP contribution in [0.1, 0.15) is 71.3 Å². The molecule has 3 amide bonds. The summed E-state index contributed by atoms with van der Waals surface area (Å²) in [6.07, 6.45) is 5.34. The van der Waals surface area contributed by atoms with Gasteiger partial charge in [-0.1, -0.05) is 30.3 Å². The molecule has 0 bridgehead atoms. The number of fused-ring (bicyclic) bond motifs is 1. The van der Waals surface area contributed by atoms with Gasteiger partial charge < -0.3 is 5.32 Å². The van der Waals surface area contributed by atoms with E-state index < -0.39 is 0 Å². The lowest BCUT2D eigenvalue weighted by atomic mass is 9.89. The maximum atomic E-state index is 12.6. The van der Waals surface area contributed by atoms with E-state index in [2.05, 4.69) is 23.5 Å². The Labute approximate surface area is 171 Å². The molecule has 1 atom stereocenters. The Morgan fingerprint density at radius 1 is 0.931 bits per heavy atom. The van der Waals surface area contributed by atoms with E-state index in [0.717, 1.165) is 24.0 Å². The summed E-state index contributed by atoms with van der Waals surface area (Å²) in [7, 11) is 0. The van der Waals surface area contributed by atoms with Gasteiger partial charge in [-0.05, 0) is 67.0 Å². The van der Waals surface area contributed by atoms with Crippen molar-refractivity contribution in [1.29, 1.82) is 0 Å². The number of aryl methyl sites for hydroxylation is 2. The van der Waals surface area contributed by atoms with Crippen LogP contribution in [-0.2, 0) is 29.0 Å². The lowest BCUT2D eigenvalue weighted by Gasteiger charge is -2.20. The summed E-state index contributed by atoms with van der Waals surface area (Å²) in [6, 6.07) is 13.6. The van der Waals surface area contributed by atoms with E-state index in [1.807, 2.05) is 6.92 Å². The van der Waals surface area contributed by atoms with Gasteiger partial charge in [-0.3, -0.25) is 19.3 Å². The number of amides is 3. The third-order valence-corrected chi connectivity index (χ3v) is 5.93. The van der Waals surface area contributed by atoms with Crippen molar-refractivity contribution in [2.45, 2.75) is 58.0 Å². The van der Waals surface area contributed by atoms with E-state index in [0.29, 0.717) is 18.4 Å². The quantitative estimate of drug-likeness (QED) is 0.792. The molecule has 150 valence electrons. The lowest BCUT2D eigenvalue weighted by molar-refractivity contribution is -0.139. The van der Waals surface area contributed by atoms with E-state index in [4.69, 9.17) is 0 Å². The Balaban J connectivity index is 1.39. The molecule has 2 aromatic rings. The summed E-state index contributed by atoms with van der Waals surface area (Å²) in [5, 5.41) is 3.07. The lowest BCUT2D eigenvalue weighted by Crippen LogP contribution is -2.28. The van der Waals surface area contributed by atoms with Crippen LogP contribution in [0.5, 0.6) is 0 Å². The molecule has 1 heterocycles. The zero-order valence-electron chi connectivity index (χ0n) is 16.7. The van der Waals surface area contributed by atoms with Crippen molar-refractivity contribution in [3.8, 4) is 0 Å². The van der Waals surface area contributed by atoms with Crippen molar-refractivity contribution in [3.05, 3.63) is 70.3 Å². The highest BCUT2D eigenvalue weighted by atomic mass is 16.2. The summed E-state index contributed by atoms with van der Waals surface area (Å²) in [6.45, 7) is 2.27. The minimum atomic E-state index is -0.130. The molecule has 29 heavy (non-hydrogen) atoms. The van der Waals surface area contributed by atoms with Gasteiger partial charge in [-0.2, -0.15) is 0 Å². The molecule has 2 aliphatic rings. The monoisotopic (exact) mass is 390 g/mol. The summed E-state index contributed by atoms with van der Waals surface area (Å²) in [5.41, 5.74) is 5.38. The van der Waals surface area contributed by atoms with Crippen molar-refractivity contribution < 1.29 is 14.4 Å². The first-order valence-corrected chi connectivity index (χ1v) is 10.4. The second kappa shape index (κ2) is 8.19. The number of imide groups is 1. The number of nitrogens with zero attached hydrogens (tertiary/aromatic N) is 1. The predicted molar refractivity (Wildman–Crippen MR) is 110 cm³/mol. The van der Waals surface area contributed by atoms with E-state index in [1.54, 1.807) is 24.3 Å². The van der Waals surface area contributed by atoms with Crippen molar-refractivity contribution in [3.63, 3.8) is 0 Å². The van der Waals surface area contributed by atoms with Crippen LogP contribution in [0.4, 0.5) is 0 Å². The molecule has 5 heteroatoms. The molecule has 2 aromatic carbocycles. The van der Waals surface area contributed by atoms with Crippen LogP contribution in [-0.4, -0.2) is 22.6 Å². The standard InChI is InChI=1S/C24H26N2O3/c1-16(20-11-10-18-4-2-3-5-21(18)14-20)25-24(29)19-8-6-17(7-9-19)15-26-22(27)12-13-23(26)28/h6-11,14,16H,2-5,12-13,15H2,1H3,(H,25,29). The van der Waals surface area contributed by atoms with Gasteiger partial charge in [0.1, 0.15) is 0 Å². The molecule has 0 spiro atoms. The minimum absolute atomic E-state index is 0.0748. The summed E-state index contributed by atoms with van der Waals surface area (Å²) in [5.74, 6) is -0.388. The van der Waals surface area contributed by atoms with Gasteiger partial charge >= 0.3 is 0 Å². The van der Waals surface area contributed by atoms with Gasteiger partial charge in [-0.25, -0.2) is 0 Å². The molecule has 1 aliphatic heterocycles. The predicted octanol–water partition coefficient (Wildman–Crippen LogP) is 3.71. The third kappa shape index (κ3) is 4.24. The number of nitrogens with one attached hydrogen (secondary N) is 1. The van der Waals surface area contributed by atoms with Gasteiger partial charge in [0, 0.05) is 18.4 Å². The second-order valence-electron chi connectivity index (χ2n) is 8.00. The van der Waals surface area contributed by atoms with Crippen molar-refractivity contribution in [2.75, 3.05) is 0 Å². The van der Waals surface area contributed by atoms with Gasteiger partial charge in [0.25, 0.3) is 5.91 Å². The molecule has 1 saturated heterocycles. The van der Waals surface area contributed by atoms with E-state index in [-0.39, 0.29) is 30.3 Å². The highest BCUT2D eigenvalue weighted by molar-refractivity contribution is 6.01. The van der Waals surface area contributed by atoms with Crippen LogP contribution in [0, 0.1) is 0 Å². The molecule has 1 fully saturated rings. The fourth-order valence-corrected chi connectivity index (χ4v) is 4.13. The molecule has 1 unspecified atom stereocenters. The third-order valence-electron chi connectivity index (χ3n) is 5.93. The van der Waals surface area contributed by atoms with E-state index >= 15 is 0 Å². The van der Waals surface area contributed by atoms with Gasteiger partial charge in [-0.15, -0.1) is 0 Å². The van der Waals surface area contributed by atoms with Crippen LogP contribution in [0.25, 0.3) is 0 Å². The van der Waals surface area contributed by atoms with E-state index in [9.17, 15) is 14.4 Å². The largest absolute Gasteiger partial charge is 0.346 e. The van der Waals surface area contributed by atoms with Gasteiger partial charge in [0.15, 0.2) is 0 Å². The van der Waals surface area contributed by atoms with E-state index in [1.165, 1.54) is 28.9 Å². The molecule has 5 nitrogen and oxygen atoms in total. The number of hydrogen-bond acceptors (Lipinski definition) is 3. The van der Waals surface area contributed by atoms with Crippen LogP contribution in [0.15, 0.2) is 42.5 Å². The van der Waals surface area contributed by atoms with Gasteiger partial charge in [0.2, 0.25) is 11.8 Å². The number of likely N-dealkylation sites (tertiary alicyclic amines) is 1. The van der Waals surface area contributed by atoms with Gasteiger partial charge in [0.05, 0.1) is 12.6 Å². The smallest absolute Gasteiger partial charge is 0.251 e. The van der Waals surface area contributed by atoms with Crippen molar-refractivity contribution in [2.24, 2.45) is 0 Å². The highest BCUT2D eigenvalue weighted by Gasteiger charge is 2.28. The average Bonchev–Trinajstić information content (AvgIpc) is 3.06. The molecule has 1 aliphatic carbocycles. The first kappa shape index (κ1) is 19.4. The summed E-state index contributed by atoms with van der Waals surface area (Å²) < 4.78 is 0. The molecule has 0 saturated carbocycles. The molecule has 4 rings (SSSR count). The minimum Gasteiger partial charge on any atom is -0.346 e. The average molecular weight is 390 g/mol. The normalized spacial score (nSPS) is 17.2. The zero-order valence-corrected chi connectivity index (χ0v) is 16.7. The molecular weight excluding hydrogens is 364 g/mol. The highest BCUT2D eigenvalue weighted by Crippen LogP contribution is 2.25.